The molecule has 1 aromatic heterocycles. The largest absolute Gasteiger partial charge is 0.416 e. The van der Waals surface area contributed by atoms with Gasteiger partial charge in [0.15, 0.2) is 0 Å². The van der Waals surface area contributed by atoms with Crippen molar-refractivity contribution in [3.63, 3.8) is 0 Å². The third kappa shape index (κ3) is 5.07. The normalized spacial score (nSPS) is 14.6. The van der Waals surface area contributed by atoms with Crippen molar-refractivity contribution >= 4 is 29.1 Å². The Balaban J connectivity index is 1.68. The second kappa shape index (κ2) is 9.91. The molecule has 12 heteroatoms. The fraction of sp³-hybridized carbons (Fsp3) is 0.107. The lowest BCUT2D eigenvalue weighted by atomic mass is 9.92. The number of carbonyl (C=O) groups is 2. The number of nitrogens with zero attached hydrogens (tertiary/aromatic N) is 1. The van der Waals surface area contributed by atoms with E-state index in [1.165, 1.54) is 42.1 Å². The molecular weight excluding hydrogens is 557 g/mol. The molecule has 1 unspecified atom stereocenters. The summed E-state index contributed by atoms with van der Waals surface area (Å²) in [6, 6.07) is 9.61. The molecule has 6 nitrogen and oxygen atoms in total. The van der Waals surface area contributed by atoms with Crippen LogP contribution in [0, 0.1) is 11.6 Å². The second-order valence-electron chi connectivity index (χ2n) is 9.10. The first-order valence-electron chi connectivity index (χ1n) is 11.6. The molecule has 0 saturated heterocycles. The van der Waals surface area contributed by atoms with Crippen LogP contribution >= 0.6 is 11.6 Å². The molecule has 0 aliphatic carbocycles. The van der Waals surface area contributed by atoms with Gasteiger partial charge in [-0.15, -0.1) is 0 Å². The highest BCUT2D eigenvalue weighted by Crippen LogP contribution is 2.42. The maximum atomic E-state index is 14.1. The summed E-state index contributed by atoms with van der Waals surface area (Å²) in [6.45, 7) is 0. The van der Waals surface area contributed by atoms with Gasteiger partial charge in [-0.1, -0.05) is 11.6 Å². The van der Waals surface area contributed by atoms with E-state index in [0.717, 1.165) is 12.1 Å². The van der Waals surface area contributed by atoms with Gasteiger partial charge >= 0.3 is 6.18 Å². The van der Waals surface area contributed by atoms with Crippen LogP contribution in [0.4, 0.5) is 27.6 Å². The number of rotatable bonds is 4. The number of halogens is 6. The maximum Gasteiger partial charge on any atom is 0.416 e. The second-order valence-corrected chi connectivity index (χ2v) is 9.51. The maximum absolute atomic E-state index is 14.1. The molecule has 40 heavy (non-hydrogen) atoms. The van der Waals surface area contributed by atoms with Crippen molar-refractivity contribution in [2.45, 2.75) is 12.2 Å². The minimum absolute atomic E-state index is 0.0420. The fourth-order valence-corrected chi connectivity index (χ4v) is 4.71. The Morgan fingerprint density at radius 2 is 1.70 bits per heavy atom. The summed E-state index contributed by atoms with van der Waals surface area (Å²) in [5.74, 6) is -3.63. The first-order chi connectivity index (χ1) is 18.8. The Kier molecular flexibility index (Phi) is 6.70. The number of hydrogen-bond acceptors (Lipinski definition) is 3. The Morgan fingerprint density at radius 1 is 0.950 bits per heavy atom. The number of fused-ring (bicyclic) bond motifs is 1. The van der Waals surface area contributed by atoms with Crippen LogP contribution in [0.3, 0.4) is 0 Å². The summed E-state index contributed by atoms with van der Waals surface area (Å²) in [4.78, 5) is 38.5. The highest BCUT2D eigenvalue weighted by Gasteiger charge is 2.36. The van der Waals surface area contributed by atoms with E-state index in [2.05, 4.69) is 10.6 Å². The summed E-state index contributed by atoms with van der Waals surface area (Å²) in [6.07, 6.45) is -3.42. The topological polar surface area (TPSA) is 80.2 Å². The summed E-state index contributed by atoms with van der Waals surface area (Å²) < 4.78 is 69.3. The zero-order valence-electron chi connectivity index (χ0n) is 20.4. The molecule has 4 aromatic rings. The highest BCUT2D eigenvalue weighted by atomic mass is 35.5. The van der Waals surface area contributed by atoms with Gasteiger partial charge in [0.05, 0.1) is 11.6 Å². The predicted octanol–water partition coefficient (Wildman–Crippen LogP) is 6.09. The molecule has 0 bridgehead atoms. The summed E-state index contributed by atoms with van der Waals surface area (Å²) in [5, 5.41) is 5.25. The van der Waals surface area contributed by atoms with Crippen LogP contribution in [0.25, 0.3) is 11.1 Å². The Labute approximate surface area is 228 Å². The minimum atomic E-state index is -4.91. The molecule has 1 aliphatic rings. The van der Waals surface area contributed by atoms with Crippen molar-refractivity contribution in [2.75, 3.05) is 5.32 Å². The summed E-state index contributed by atoms with van der Waals surface area (Å²) >= 11 is 6.29. The van der Waals surface area contributed by atoms with Gasteiger partial charge in [-0.3, -0.25) is 14.4 Å². The van der Waals surface area contributed by atoms with E-state index in [1.54, 1.807) is 6.07 Å². The molecule has 5 rings (SSSR count). The number of pyridine rings is 1. The van der Waals surface area contributed by atoms with Gasteiger partial charge in [-0.05, 0) is 65.7 Å². The number of carbonyl (C=O) groups excluding carboxylic acids is 2. The van der Waals surface area contributed by atoms with Crippen LogP contribution in [-0.4, -0.2) is 16.4 Å². The smallest absolute Gasteiger partial charge is 0.341 e. The number of aromatic nitrogens is 1. The number of amides is 2. The lowest BCUT2D eigenvalue weighted by Crippen LogP contribution is -2.21. The van der Waals surface area contributed by atoms with Gasteiger partial charge in [-0.2, -0.15) is 13.2 Å². The van der Waals surface area contributed by atoms with Crippen LogP contribution < -0.4 is 16.2 Å². The third-order valence-electron chi connectivity index (χ3n) is 6.43. The number of aryl methyl sites for hydroxylation is 1. The molecule has 0 radical (unpaired) electrons. The molecule has 0 saturated carbocycles. The van der Waals surface area contributed by atoms with Gasteiger partial charge in [0.1, 0.15) is 11.6 Å². The van der Waals surface area contributed by atoms with E-state index < -0.39 is 46.8 Å². The van der Waals surface area contributed by atoms with Crippen molar-refractivity contribution in [2.24, 2.45) is 7.05 Å². The molecule has 2 heterocycles. The zero-order chi connectivity index (χ0) is 28.9. The van der Waals surface area contributed by atoms with Gasteiger partial charge in [0.2, 0.25) is 0 Å². The molecule has 2 amide bonds. The van der Waals surface area contributed by atoms with E-state index in [4.69, 9.17) is 11.6 Å². The number of anilines is 1. The summed E-state index contributed by atoms with van der Waals surface area (Å²) in [7, 11) is 1.54. The van der Waals surface area contributed by atoms with E-state index in [9.17, 15) is 36.3 Å². The monoisotopic (exact) mass is 573 g/mol. The van der Waals surface area contributed by atoms with Gasteiger partial charge in [0.25, 0.3) is 17.4 Å². The molecule has 204 valence electrons. The van der Waals surface area contributed by atoms with Crippen LogP contribution in [0.2, 0.25) is 5.02 Å². The van der Waals surface area contributed by atoms with Crippen LogP contribution in [-0.2, 0) is 13.2 Å². The number of alkyl halides is 3. The zero-order valence-corrected chi connectivity index (χ0v) is 21.1. The Morgan fingerprint density at radius 3 is 2.40 bits per heavy atom. The first-order valence-corrected chi connectivity index (χ1v) is 12.0. The van der Waals surface area contributed by atoms with Gasteiger partial charge < -0.3 is 15.2 Å². The number of benzene rings is 3. The van der Waals surface area contributed by atoms with Crippen molar-refractivity contribution < 1.29 is 31.5 Å². The molecule has 1 aliphatic heterocycles. The first kappa shape index (κ1) is 27.1. The lowest BCUT2D eigenvalue weighted by Gasteiger charge is -2.19. The number of hydrogen-bond donors (Lipinski definition) is 2. The van der Waals surface area contributed by atoms with Crippen molar-refractivity contribution in [3.8, 4) is 11.1 Å². The molecule has 0 fully saturated rings. The van der Waals surface area contributed by atoms with Gasteiger partial charge in [0, 0.05) is 52.3 Å². The van der Waals surface area contributed by atoms with E-state index in [-0.39, 0.29) is 39.0 Å². The number of nitrogens with one attached hydrogen (secondary N) is 2. The third-order valence-corrected chi connectivity index (χ3v) is 6.78. The van der Waals surface area contributed by atoms with E-state index in [1.807, 2.05) is 0 Å². The van der Waals surface area contributed by atoms with Crippen LogP contribution in [0.15, 0.2) is 71.7 Å². The van der Waals surface area contributed by atoms with E-state index >= 15 is 0 Å². The molecule has 1 atom stereocenters. The average molecular weight is 574 g/mol. The van der Waals surface area contributed by atoms with Crippen molar-refractivity contribution in [3.05, 3.63) is 122 Å². The molecule has 2 N–H and O–H groups in total. The Hall–Kier alpha value is -4.51. The lowest BCUT2D eigenvalue weighted by molar-refractivity contribution is -0.137. The standard InChI is InChI=1S/C28H17ClF5N3O3/c1-37-5-4-13(10-23(37)38)14-8-20-24(25(36-27(20)40)19-12-17(30)2-3-21(19)29)22(9-14)35-26(39)15-6-16(28(32,33)34)11-18(31)7-15/h2-12,25H,1H3,(H,35,39)(H,36,40). The Bertz CT molecular complexity index is 1770. The molecule has 3 aromatic carbocycles. The highest BCUT2D eigenvalue weighted by molar-refractivity contribution is 6.31. The van der Waals surface area contributed by atoms with Crippen molar-refractivity contribution in [1.29, 1.82) is 0 Å². The van der Waals surface area contributed by atoms with E-state index in [0.29, 0.717) is 23.3 Å². The van der Waals surface area contributed by atoms with Crippen LogP contribution in [0.5, 0.6) is 0 Å². The minimum Gasteiger partial charge on any atom is -0.341 e. The van der Waals surface area contributed by atoms with Crippen molar-refractivity contribution in [1.82, 2.24) is 9.88 Å². The average Bonchev–Trinajstić information content (AvgIpc) is 3.22. The molecular formula is C28H17ClF5N3O3. The predicted molar refractivity (Wildman–Crippen MR) is 137 cm³/mol. The fourth-order valence-electron chi connectivity index (χ4n) is 4.48. The van der Waals surface area contributed by atoms with Crippen LogP contribution in [0.1, 0.15) is 43.4 Å². The quantitative estimate of drug-likeness (QED) is 0.290. The summed E-state index contributed by atoms with van der Waals surface area (Å²) in [5.41, 5.74) is -1.32. The SMILES string of the molecule is Cn1ccc(-c2cc(NC(=O)c3cc(F)cc(C(F)(F)F)c3)c3c(c2)C(=O)NC3c2cc(F)ccc2Cl)cc1=O. The van der Waals surface area contributed by atoms with Gasteiger partial charge in [-0.25, -0.2) is 8.78 Å². The molecule has 0 spiro atoms.